The van der Waals surface area contributed by atoms with E-state index < -0.39 is 0 Å². The lowest BCUT2D eigenvalue weighted by Crippen LogP contribution is -1.88. The van der Waals surface area contributed by atoms with Crippen LogP contribution in [0.3, 0.4) is 0 Å². The van der Waals surface area contributed by atoms with Gasteiger partial charge < -0.3 is 0 Å². The molecule has 3 aromatic carbocycles. The summed E-state index contributed by atoms with van der Waals surface area (Å²) in [4.78, 5) is 0. The normalized spacial score (nSPS) is 10.8. The summed E-state index contributed by atoms with van der Waals surface area (Å²) in [5.41, 5.74) is 6.55. The second-order valence-corrected chi connectivity index (χ2v) is 6.24. The van der Waals surface area contributed by atoms with Crippen molar-refractivity contribution in [1.82, 2.24) is 0 Å². The van der Waals surface area contributed by atoms with Gasteiger partial charge in [0.15, 0.2) is 0 Å². The maximum absolute atomic E-state index is 3.64. The molecule has 0 nitrogen and oxygen atoms in total. The predicted molar refractivity (Wildman–Crippen MR) is 98.8 cm³/mol. The second-order valence-electron chi connectivity index (χ2n) is 5.32. The highest BCUT2D eigenvalue weighted by Gasteiger charge is 2.09. The van der Waals surface area contributed by atoms with Crippen LogP contribution in [-0.4, -0.2) is 0 Å². The third-order valence-electron chi connectivity index (χ3n) is 3.83. The standard InChI is InChI=1S/C22H11Br/c23-20-14-18-13-19(15-20)22-12-6-4-10-17(22)8-2-1-7-16-9-3-5-11-21(16)18/h3-6,9-15H. The summed E-state index contributed by atoms with van der Waals surface area (Å²) in [6.45, 7) is 0. The van der Waals surface area contributed by atoms with Gasteiger partial charge in [-0.1, -0.05) is 64.2 Å². The summed E-state index contributed by atoms with van der Waals surface area (Å²) in [7, 11) is 0. The Balaban J connectivity index is 2.10. The van der Waals surface area contributed by atoms with E-state index >= 15 is 0 Å². The zero-order chi connectivity index (χ0) is 15.6. The Morgan fingerprint density at radius 3 is 1.61 bits per heavy atom. The third kappa shape index (κ3) is 2.68. The summed E-state index contributed by atoms with van der Waals surface area (Å²) >= 11 is 3.64. The van der Waals surface area contributed by atoms with Crippen LogP contribution in [0.25, 0.3) is 22.3 Å². The molecular formula is C22H11Br. The second kappa shape index (κ2) is 5.81. The first-order valence-corrected chi connectivity index (χ1v) is 8.12. The molecule has 3 aromatic rings. The topological polar surface area (TPSA) is 0 Å². The Labute approximate surface area is 144 Å². The van der Waals surface area contributed by atoms with Gasteiger partial charge in [0, 0.05) is 15.6 Å². The van der Waals surface area contributed by atoms with Crippen molar-refractivity contribution < 1.29 is 0 Å². The van der Waals surface area contributed by atoms with Crippen LogP contribution >= 0.6 is 15.9 Å². The lowest BCUT2D eigenvalue weighted by Gasteiger charge is -2.10. The number of fused-ring (bicyclic) bond motifs is 6. The van der Waals surface area contributed by atoms with E-state index in [-0.39, 0.29) is 0 Å². The first-order chi connectivity index (χ1) is 11.3. The minimum Gasteiger partial charge on any atom is -0.0616 e. The SMILES string of the molecule is Brc1cc2cc(c1)-c1ccccc1C#CC#Cc1ccccc1-2. The van der Waals surface area contributed by atoms with Crippen molar-refractivity contribution in [2.75, 3.05) is 0 Å². The van der Waals surface area contributed by atoms with Crippen molar-refractivity contribution in [3.8, 4) is 45.9 Å². The molecule has 4 rings (SSSR count). The first kappa shape index (κ1) is 13.9. The van der Waals surface area contributed by atoms with Gasteiger partial charge in [-0.2, -0.15) is 0 Å². The highest BCUT2D eigenvalue weighted by atomic mass is 79.9. The Hall–Kier alpha value is -2.74. The third-order valence-corrected chi connectivity index (χ3v) is 4.29. The largest absolute Gasteiger partial charge is 0.0616 e. The molecule has 1 aliphatic rings. The van der Waals surface area contributed by atoms with Crippen LogP contribution in [0.5, 0.6) is 0 Å². The molecule has 0 fully saturated rings. The van der Waals surface area contributed by atoms with E-state index in [0.29, 0.717) is 0 Å². The molecule has 1 aliphatic carbocycles. The van der Waals surface area contributed by atoms with Crippen LogP contribution in [0.1, 0.15) is 11.1 Å². The molecule has 0 saturated carbocycles. The summed E-state index contributed by atoms with van der Waals surface area (Å²) in [5, 5.41) is 0. The monoisotopic (exact) mass is 354 g/mol. The smallest absolute Gasteiger partial charge is 0.0334 e. The number of benzene rings is 3. The molecule has 0 radical (unpaired) electrons. The number of halogens is 1. The molecule has 0 aliphatic heterocycles. The Morgan fingerprint density at radius 2 is 1.09 bits per heavy atom. The minimum atomic E-state index is 0.997. The van der Waals surface area contributed by atoms with Gasteiger partial charge in [-0.3, -0.25) is 0 Å². The fourth-order valence-corrected chi connectivity index (χ4v) is 3.28. The lowest BCUT2D eigenvalue weighted by molar-refractivity contribution is 1.54. The summed E-state index contributed by atoms with van der Waals surface area (Å²) in [6, 6.07) is 22.8. The average Bonchev–Trinajstić information content (AvgIpc) is 2.60. The molecule has 0 unspecified atom stereocenters. The van der Waals surface area contributed by atoms with Gasteiger partial charge in [0.05, 0.1) is 0 Å². The van der Waals surface area contributed by atoms with Gasteiger partial charge in [0.25, 0.3) is 0 Å². The van der Waals surface area contributed by atoms with Gasteiger partial charge in [-0.05, 0) is 64.4 Å². The minimum absolute atomic E-state index is 0.997. The molecular weight excluding hydrogens is 344 g/mol. The molecule has 0 atom stereocenters. The van der Waals surface area contributed by atoms with Crippen molar-refractivity contribution in [3.05, 3.63) is 82.3 Å². The molecule has 0 N–H and O–H groups in total. The fraction of sp³-hybridized carbons (Fsp3) is 0. The number of rotatable bonds is 0. The number of hydrogen-bond acceptors (Lipinski definition) is 0. The first-order valence-electron chi connectivity index (χ1n) is 7.33. The molecule has 2 bridgehead atoms. The van der Waals surface area contributed by atoms with Crippen LogP contribution in [-0.2, 0) is 0 Å². The van der Waals surface area contributed by atoms with E-state index in [1.807, 2.05) is 36.4 Å². The van der Waals surface area contributed by atoms with Crippen LogP contribution < -0.4 is 0 Å². The molecule has 0 saturated heterocycles. The van der Waals surface area contributed by atoms with Gasteiger partial charge in [0.2, 0.25) is 0 Å². The molecule has 106 valence electrons. The maximum atomic E-state index is 3.64. The van der Waals surface area contributed by atoms with E-state index in [9.17, 15) is 0 Å². The van der Waals surface area contributed by atoms with E-state index in [1.54, 1.807) is 0 Å². The number of hydrogen-bond donors (Lipinski definition) is 0. The van der Waals surface area contributed by atoms with Crippen LogP contribution in [0.2, 0.25) is 0 Å². The summed E-state index contributed by atoms with van der Waals surface area (Å²) in [5.74, 6) is 12.3. The van der Waals surface area contributed by atoms with E-state index in [0.717, 1.165) is 37.9 Å². The Bertz CT molecular complexity index is 955. The van der Waals surface area contributed by atoms with Crippen LogP contribution in [0.15, 0.2) is 71.2 Å². The van der Waals surface area contributed by atoms with E-state index in [2.05, 4.69) is 69.9 Å². The Kier molecular flexibility index (Phi) is 3.51. The van der Waals surface area contributed by atoms with Gasteiger partial charge in [-0.25, -0.2) is 0 Å². The van der Waals surface area contributed by atoms with Gasteiger partial charge >= 0.3 is 0 Å². The van der Waals surface area contributed by atoms with Crippen molar-refractivity contribution in [1.29, 1.82) is 0 Å². The molecule has 23 heavy (non-hydrogen) atoms. The zero-order valence-electron chi connectivity index (χ0n) is 12.2. The molecule has 1 heteroatoms. The maximum Gasteiger partial charge on any atom is 0.0334 e. The van der Waals surface area contributed by atoms with Crippen molar-refractivity contribution >= 4 is 15.9 Å². The van der Waals surface area contributed by atoms with Gasteiger partial charge in [0.1, 0.15) is 0 Å². The van der Waals surface area contributed by atoms with Crippen molar-refractivity contribution in [3.63, 3.8) is 0 Å². The fourth-order valence-electron chi connectivity index (χ4n) is 2.79. The molecule has 0 heterocycles. The molecule has 0 spiro atoms. The lowest BCUT2D eigenvalue weighted by atomic mass is 9.94. The van der Waals surface area contributed by atoms with Crippen molar-refractivity contribution in [2.45, 2.75) is 0 Å². The summed E-state index contributed by atoms with van der Waals surface area (Å²) in [6.07, 6.45) is 0. The molecule has 0 aromatic heterocycles. The molecule has 0 amide bonds. The van der Waals surface area contributed by atoms with E-state index in [1.165, 1.54) is 0 Å². The predicted octanol–water partition coefficient (Wildman–Crippen LogP) is 5.50. The van der Waals surface area contributed by atoms with Crippen LogP contribution in [0.4, 0.5) is 0 Å². The van der Waals surface area contributed by atoms with Crippen molar-refractivity contribution in [2.24, 2.45) is 0 Å². The average molecular weight is 355 g/mol. The highest BCUT2D eigenvalue weighted by Crippen LogP contribution is 2.33. The highest BCUT2D eigenvalue weighted by molar-refractivity contribution is 9.10. The van der Waals surface area contributed by atoms with Gasteiger partial charge in [-0.15, -0.1) is 0 Å². The quantitative estimate of drug-likeness (QED) is 0.467. The zero-order valence-corrected chi connectivity index (χ0v) is 13.8. The van der Waals surface area contributed by atoms with E-state index in [4.69, 9.17) is 0 Å². The summed E-state index contributed by atoms with van der Waals surface area (Å²) < 4.78 is 1.05. The Morgan fingerprint density at radius 1 is 0.609 bits per heavy atom. The van der Waals surface area contributed by atoms with Crippen LogP contribution in [0, 0.1) is 23.7 Å².